The average molecular weight is 499 g/mol. The van der Waals surface area contributed by atoms with Gasteiger partial charge in [-0.15, -0.1) is 0 Å². The van der Waals surface area contributed by atoms with Gasteiger partial charge >= 0.3 is 21.1 Å². The average Bonchev–Trinajstić information content (AvgIpc) is 2.04. The van der Waals surface area contributed by atoms with E-state index >= 15 is 0 Å². The van der Waals surface area contributed by atoms with Gasteiger partial charge in [-0.3, -0.25) is 9.11 Å². The van der Waals surface area contributed by atoms with Gasteiger partial charge in [0.05, 0.1) is 12.5 Å². The first-order valence-electron chi connectivity index (χ1n) is 5.08. The molecule has 120 valence electrons. The second-order valence-corrected chi connectivity index (χ2v) is 6.90. The van der Waals surface area contributed by atoms with Crippen LogP contribution in [0, 0.1) is 0 Å². The van der Waals surface area contributed by atoms with E-state index < -0.39 is 20.2 Å². The van der Waals surface area contributed by atoms with Crippen LogP contribution in [0.25, 0.3) is 11.5 Å². The van der Waals surface area contributed by atoms with Gasteiger partial charge in [-0.2, -0.15) is 28.9 Å². The number of rotatable bonds is 0. The van der Waals surface area contributed by atoms with Crippen molar-refractivity contribution in [3.63, 3.8) is 0 Å². The minimum Gasteiger partial charge on any atom is -0.676 e. The Morgan fingerprint density at radius 1 is 0.842 bits per heavy atom. The molecule has 0 radical (unpaired) electrons. The molecular formula is C8H20N2O6PtS2. The van der Waals surface area contributed by atoms with Crippen LogP contribution in [0.3, 0.4) is 0 Å². The minimum atomic E-state index is -3.67. The molecule has 0 aliphatic heterocycles. The monoisotopic (exact) mass is 499 g/mol. The zero-order chi connectivity index (χ0) is 15.0. The summed E-state index contributed by atoms with van der Waals surface area (Å²) >= 11 is 0. The van der Waals surface area contributed by atoms with E-state index in [0.29, 0.717) is 12.5 Å². The van der Waals surface area contributed by atoms with Crippen LogP contribution in [0.2, 0.25) is 0 Å². The molecule has 4 N–H and O–H groups in total. The summed E-state index contributed by atoms with van der Waals surface area (Å²) in [5, 5.41) is 0. The molecular weight excluding hydrogens is 479 g/mol. The summed E-state index contributed by atoms with van der Waals surface area (Å²) in [7, 11) is -7.33. The van der Waals surface area contributed by atoms with Crippen molar-refractivity contribution >= 4 is 20.2 Å². The Kier molecular flexibility index (Phi) is 14.3. The molecule has 1 fully saturated rings. The number of hydrogen-bond acceptors (Lipinski definition) is 4. The molecule has 1 aliphatic rings. The molecule has 0 spiro atoms. The Hall–Kier alpha value is 0.428. The summed E-state index contributed by atoms with van der Waals surface area (Å²) in [6.45, 7) is 0. The van der Waals surface area contributed by atoms with E-state index in [1.165, 1.54) is 12.8 Å². The van der Waals surface area contributed by atoms with Crippen molar-refractivity contribution in [3.05, 3.63) is 11.5 Å². The van der Waals surface area contributed by atoms with Crippen molar-refractivity contribution in [2.24, 2.45) is 0 Å². The second kappa shape index (κ2) is 11.1. The fraction of sp³-hybridized carbons (Fsp3) is 1.00. The molecule has 1 saturated carbocycles. The molecule has 0 saturated heterocycles. The molecule has 0 aromatic carbocycles. The quantitative estimate of drug-likeness (QED) is 0.480. The molecule has 2 unspecified atom stereocenters. The predicted molar refractivity (Wildman–Crippen MR) is 69.6 cm³/mol. The fourth-order valence-electron chi connectivity index (χ4n) is 1.13. The minimum absolute atomic E-state index is 0. The standard InChI is InChI=1S/C6H12N2.2CH4O3S.Pt/c7-5-3-1-2-4-6(5)8;2*1-5(2,3)4;/h5-8H,1-4H2;2*1H3,(H,2,3,4);/q-2;;;+2. The molecule has 0 bridgehead atoms. The summed E-state index contributed by atoms with van der Waals surface area (Å²) in [5.41, 5.74) is 14.6. The van der Waals surface area contributed by atoms with Gasteiger partial charge in [0, 0.05) is 0 Å². The Morgan fingerprint density at radius 2 is 1.00 bits per heavy atom. The smallest absolute Gasteiger partial charge is 0.676 e. The second-order valence-electron chi connectivity index (χ2n) is 3.96. The van der Waals surface area contributed by atoms with E-state index in [-0.39, 0.29) is 33.1 Å². The van der Waals surface area contributed by atoms with Crippen molar-refractivity contribution < 1.29 is 47.0 Å². The molecule has 0 heterocycles. The van der Waals surface area contributed by atoms with Gasteiger partial charge in [0.1, 0.15) is 0 Å². The van der Waals surface area contributed by atoms with E-state index in [4.69, 9.17) is 20.6 Å². The third-order valence-electron chi connectivity index (χ3n) is 1.77. The van der Waals surface area contributed by atoms with E-state index in [0.717, 1.165) is 12.8 Å². The number of hydrogen-bond donors (Lipinski definition) is 2. The van der Waals surface area contributed by atoms with Crippen molar-refractivity contribution in [1.82, 2.24) is 0 Å². The largest absolute Gasteiger partial charge is 2.00 e. The van der Waals surface area contributed by atoms with Gasteiger partial charge in [0.2, 0.25) is 0 Å². The third-order valence-corrected chi connectivity index (χ3v) is 1.77. The SMILES string of the molecule is CS(=O)(=O)O.CS(=O)(=O)O.[NH-]C1CCCCC1[NH-].[Pt+2]. The molecule has 2 atom stereocenters. The molecule has 1 aliphatic carbocycles. The van der Waals surface area contributed by atoms with Crippen molar-refractivity contribution in [3.8, 4) is 0 Å². The van der Waals surface area contributed by atoms with Crippen molar-refractivity contribution in [2.45, 2.75) is 37.8 Å². The maximum absolute atomic E-state index is 9.19. The fourth-order valence-corrected chi connectivity index (χ4v) is 1.13. The molecule has 0 amide bonds. The van der Waals surface area contributed by atoms with E-state index in [1.54, 1.807) is 0 Å². The van der Waals surface area contributed by atoms with Gasteiger partial charge in [-0.05, 0) is 0 Å². The first kappa shape index (κ1) is 24.4. The molecule has 8 nitrogen and oxygen atoms in total. The Morgan fingerprint density at radius 3 is 1.11 bits per heavy atom. The zero-order valence-electron chi connectivity index (χ0n) is 10.6. The van der Waals surface area contributed by atoms with Crippen LogP contribution < -0.4 is 0 Å². The molecule has 11 heteroatoms. The van der Waals surface area contributed by atoms with Crippen LogP contribution in [0.15, 0.2) is 0 Å². The third kappa shape index (κ3) is 38.1. The van der Waals surface area contributed by atoms with E-state index in [1.807, 2.05) is 0 Å². The molecule has 0 aromatic rings. The molecule has 0 aromatic heterocycles. The van der Waals surface area contributed by atoms with Gasteiger partial charge in [-0.25, -0.2) is 0 Å². The maximum Gasteiger partial charge on any atom is 2.00 e. The van der Waals surface area contributed by atoms with Gasteiger partial charge in [0.25, 0.3) is 20.2 Å². The number of nitrogens with one attached hydrogen (secondary N) is 2. The topological polar surface area (TPSA) is 156 Å². The van der Waals surface area contributed by atoms with Crippen LogP contribution in [0.1, 0.15) is 25.7 Å². The first-order chi connectivity index (χ1) is 7.80. The van der Waals surface area contributed by atoms with Gasteiger partial charge < -0.3 is 11.5 Å². The summed E-state index contributed by atoms with van der Waals surface area (Å²) in [4.78, 5) is 0. The Bertz CT molecular complexity index is 355. The Balaban J connectivity index is -0.000000208. The predicted octanol–water partition coefficient (Wildman–Crippen LogP) is 1.41. The van der Waals surface area contributed by atoms with Crippen molar-refractivity contribution in [1.29, 1.82) is 0 Å². The van der Waals surface area contributed by atoms with Crippen molar-refractivity contribution in [2.75, 3.05) is 12.5 Å². The summed E-state index contributed by atoms with van der Waals surface area (Å²) in [6, 6.07) is -0.160. The normalized spacial score (nSPS) is 22.8. The zero-order valence-corrected chi connectivity index (χ0v) is 14.5. The summed E-state index contributed by atoms with van der Waals surface area (Å²) in [5.74, 6) is 0. The van der Waals surface area contributed by atoms with E-state index in [9.17, 15) is 16.8 Å². The van der Waals surface area contributed by atoms with Crippen LogP contribution >= 0.6 is 0 Å². The van der Waals surface area contributed by atoms with Crippen LogP contribution in [0.4, 0.5) is 0 Å². The van der Waals surface area contributed by atoms with E-state index in [2.05, 4.69) is 0 Å². The van der Waals surface area contributed by atoms with Crippen LogP contribution in [0.5, 0.6) is 0 Å². The first-order valence-corrected chi connectivity index (χ1v) is 8.77. The van der Waals surface area contributed by atoms with Gasteiger partial charge in [0.15, 0.2) is 0 Å². The molecule has 19 heavy (non-hydrogen) atoms. The van der Waals surface area contributed by atoms with Gasteiger partial charge in [-0.1, -0.05) is 25.7 Å². The summed E-state index contributed by atoms with van der Waals surface area (Å²) in [6.07, 6.45) is 5.68. The van der Waals surface area contributed by atoms with Crippen LogP contribution in [-0.4, -0.2) is 50.5 Å². The molecule has 1 rings (SSSR count). The van der Waals surface area contributed by atoms with Crippen LogP contribution in [-0.2, 0) is 41.3 Å². The Labute approximate surface area is 129 Å². The summed E-state index contributed by atoms with van der Waals surface area (Å²) < 4.78 is 51.7. The maximum atomic E-state index is 9.19.